The Balaban J connectivity index is 2.31. The van der Waals surface area contributed by atoms with Crippen LogP contribution < -0.4 is 5.32 Å². The lowest BCUT2D eigenvalue weighted by molar-refractivity contribution is -0.141. The molecule has 0 fully saturated rings. The number of rotatable bonds is 8. The first-order chi connectivity index (χ1) is 15.2. The molecule has 2 aromatic rings. The minimum Gasteiger partial charge on any atom is -0.350 e. The summed E-state index contributed by atoms with van der Waals surface area (Å²) in [7, 11) is -2.63. The molecule has 0 heterocycles. The number of benzene rings is 2. The molecule has 0 saturated carbocycles. The number of likely N-dealkylation sites (N-methyl/N-ethyl adjacent to an activating group) is 1. The Labute approximate surface area is 195 Å². The maximum atomic E-state index is 14.3. The van der Waals surface area contributed by atoms with Gasteiger partial charge in [-0.1, -0.05) is 35.9 Å². The summed E-state index contributed by atoms with van der Waals surface area (Å²) in [6.45, 7) is 8.12. The van der Waals surface area contributed by atoms with Gasteiger partial charge in [0.1, 0.15) is 11.9 Å². The van der Waals surface area contributed by atoms with Crippen molar-refractivity contribution in [3.8, 4) is 0 Å². The summed E-state index contributed by atoms with van der Waals surface area (Å²) < 4.78 is 41.1. The average molecular weight is 478 g/mol. The molecule has 33 heavy (non-hydrogen) atoms. The zero-order valence-corrected chi connectivity index (χ0v) is 20.7. The zero-order valence-electron chi connectivity index (χ0n) is 19.9. The van der Waals surface area contributed by atoms with Crippen LogP contribution >= 0.6 is 0 Å². The number of nitrogens with zero attached hydrogens (tertiary/aromatic N) is 2. The Bertz CT molecular complexity index is 1100. The molecular formula is C24H32FN3O4S. The van der Waals surface area contributed by atoms with Gasteiger partial charge in [0.15, 0.2) is 0 Å². The number of carbonyl (C=O) groups is 2. The maximum Gasteiger partial charge on any atom is 0.243 e. The van der Waals surface area contributed by atoms with Crippen LogP contribution in [0.1, 0.15) is 38.8 Å². The van der Waals surface area contributed by atoms with Crippen molar-refractivity contribution in [3.63, 3.8) is 0 Å². The van der Waals surface area contributed by atoms with Gasteiger partial charge >= 0.3 is 0 Å². The minimum absolute atomic E-state index is 0.0579. The van der Waals surface area contributed by atoms with Gasteiger partial charge < -0.3 is 10.2 Å². The molecule has 0 radical (unpaired) electrons. The predicted molar refractivity (Wildman–Crippen MR) is 125 cm³/mol. The van der Waals surface area contributed by atoms with Crippen LogP contribution in [0.5, 0.6) is 0 Å². The molecule has 2 rings (SSSR count). The molecule has 0 aromatic heterocycles. The smallest absolute Gasteiger partial charge is 0.243 e. The fourth-order valence-electron chi connectivity index (χ4n) is 3.12. The van der Waals surface area contributed by atoms with Crippen molar-refractivity contribution < 1.29 is 22.4 Å². The molecule has 0 aliphatic heterocycles. The minimum atomic E-state index is -3.93. The zero-order chi connectivity index (χ0) is 25.0. The van der Waals surface area contributed by atoms with Gasteiger partial charge in [0.25, 0.3) is 0 Å². The van der Waals surface area contributed by atoms with E-state index in [2.05, 4.69) is 5.32 Å². The lowest BCUT2D eigenvalue weighted by Gasteiger charge is -2.32. The summed E-state index contributed by atoms with van der Waals surface area (Å²) >= 11 is 0. The van der Waals surface area contributed by atoms with Crippen LogP contribution in [0.15, 0.2) is 53.4 Å². The molecule has 2 amide bonds. The molecule has 9 heteroatoms. The molecule has 1 atom stereocenters. The van der Waals surface area contributed by atoms with E-state index in [0.717, 1.165) is 9.87 Å². The van der Waals surface area contributed by atoms with Gasteiger partial charge in [-0.2, -0.15) is 4.31 Å². The molecule has 180 valence electrons. The summed E-state index contributed by atoms with van der Waals surface area (Å²) in [6, 6.07) is 11.3. The number of carbonyl (C=O) groups excluding carboxylic acids is 2. The van der Waals surface area contributed by atoms with Crippen molar-refractivity contribution in [2.75, 3.05) is 13.6 Å². The van der Waals surface area contributed by atoms with Gasteiger partial charge in [-0.25, -0.2) is 12.8 Å². The van der Waals surface area contributed by atoms with E-state index in [4.69, 9.17) is 0 Å². The van der Waals surface area contributed by atoms with Gasteiger partial charge in [-0.15, -0.1) is 0 Å². The second-order valence-electron chi connectivity index (χ2n) is 9.10. The predicted octanol–water partition coefficient (Wildman–Crippen LogP) is 3.09. The highest BCUT2D eigenvalue weighted by molar-refractivity contribution is 7.89. The number of halogens is 1. The highest BCUT2D eigenvalue weighted by atomic mass is 32.2. The standard InChI is InChI=1S/C24H32FN3O4S/c1-17-11-13-20(14-12-17)33(31,32)27(6)16-22(29)28(15-19-9-7-8-10-21(19)25)18(2)23(30)26-24(3,4)5/h7-14,18H,15-16H2,1-6H3,(H,26,30)/t18-/m0/s1. The van der Waals surface area contributed by atoms with E-state index >= 15 is 0 Å². The number of nitrogens with one attached hydrogen (secondary N) is 1. The van der Waals surface area contributed by atoms with Crippen molar-refractivity contribution >= 4 is 21.8 Å². The topological polar surface area (TPSA) is 86.8 Å². The van der Waals surface area contributed by atoms with Crippen molar-refractivity contribution in [1.29, 1.82) is 0 Å². The van der Waals surface area contributed by atoms with Crippen LogP contribution in [0.25, 0.3) is 0 Å². The second-order valence-corrected chi connectivity index (χ2v) is 11.1. The van der Waals surface area contributed by atoms with Crippen LogP contribution in [0.3, 0.4) is 0 Å². The van der Waals surface area contributed by atoms with Gasteiger partial charge in [0, 0.05) is 24.7 Å². The van der Waals surface area contributed by atoms with Gasteiger partial charge in [0.2, 0.25) is 21.8 Å². The first-order valence-corrected chi connectivity index (χ1v) is 12.0. The molecule has 0 aliphatic rings. The SMILES string of the molecule is Cc1ccc(S(=O)(=O)N(C)CC(=O)N(Cc2ccccc2F)[C@@H](C)C(=O)NC(C)(C)C)cc1. The molecule has 0 unspecified atom stereocenters. The van der Waals surface area contributed by atoms with Crippen LogP contribution in [0.4, 0.5) is 4.39 Å². The first kappa shape index (κ1) is 26.5. The van der Waals surface area contributed by atoms with Crippen molar-refractivity contribution in [1.82, 2.24) is 14.5 Å². The molecule has 0 spiro atoms. The fraction of sp³-hybridized carbons (Fsp3) is 0.417. The number of amides is 2. The Morgan fingerprint density at radius 3 is 2.18 bits per heavy atom. The largest absolute Gasteiger partial charge is 0.350 e. The van der Waals surface area contributed by atoms with E-state index < -0.39 is 45.8 Å². The molecule has 0 bridgehead atoms. The van der Waals surface area contributed by atoms with E-state index in [9.17, 15) is 22.4 Å². The molecule has 2 aromatic carbocycles. The summed E-state index contributed by atoms with van der Waals surface area (Å²) in [5, 5.41) is 2.81. The summed E-state index contributed by atoms with van der Waals surface area (Å²) in [6.07, 6.45) is 0. The lowest BCUT2D eigenvalue weighted by atomic mass is 10.1. The van der Waals surface area contributed by atoms with Crippen LogP contribution in [-0.4, -0.2) is 54.6 Å². The van der Waals surface area contributed by atoms with E-state index in [1.165, 1.54) is 49.2 Å². The van der Waals surface area contributed by atoms with Gasteiger partial charge in [0.05, 0.1) is 11.4 Å². The third-order valence-corrected chi connectivity index (χ3v) is 6.87. The number of sulfonamides is 1. The maximum absolute atomic E-state index is 14.3. The Morgan fingerprint density at radius 1 is 1.06 bits per heavy atom. The fourth-order valence-corrected chi connectivity index (χ4v) is 4.24. The third-order valence-electron chi connectivity index (χ3n) is 5.05. The van der Waals surface area contributed by atoms with Crippen LogP contribution in [0.2, 0.25) is 0 Å². The van der Waals surface area contributed by atoms with E-state index in [1.807, 2.05) is 27.7 Å². The molecular weight excluding hydrogens is 445 g/mol. The molecule has 1 N–H and O–H groups in total. The Morgan fingerprint density at radius 2 is 1.64 bits per heavy atom. The monoisotopic (exact) mass is 477 g/mol. The lowest BCUT2D eigenvalue weighted by Crippen LogP contribution is -2.54. The Kier molecular flexibility index (Phi) is 8.37. The van der Waals surface area contributed by atoms with Crippen LogP contribution in [-0.2, 0) is 26.2 Å². The summed E-state index contributed by atoms with van der Waals surface area (Å²) in [4.78, 5) is 27.3. The third kappa shape index (κ3) is 7.10. The molecule has 7 nitrogen and oxygen atoms in total. The number of hydrogen-bond acceptors (Lipinski definition) is 4. The second kappa shape index (κ2) is 10.4. The van der Waals surface area contributed by atoms with Gasteiger partial charge in [-0.3, -0.25) is 9.59 Å². The number of aryl methyl sites for hydroxylation is 1. The quantitative estimate of drug-likeness (QED) is 0.633. The van der Waals surface area contributed by atoms with Crippen LogP contribution in [0, 0.1) is 12.7 Å². The summed E-state index contributed by atoms with van der Waals surface area (Å²) in [5.74, 6) is -1.55. The van der Waals surface area contributed by atoms with Crippen molar-refractivity contribution in [2.24, 2.45) is 0 Å². The molecule has 0 aliphatic carbocycles. The first-order valence-electron chi connectivity index (χ1n) is 10.6. The Hall–Kier alpha value is -2.78. The highest BCUT2D eigenvalue weighted by Crippen LogP contribution is 2.18. The highest BCUT2D eigenvalue weighted by Gasteiger charge is 2.31. The molecule has 0 saturated heterocycles. The van der Waals surface area contributed by atoms with E-state index in [1.54, 1.807) is 18.2 Å². The normalized spacial score (nSPS) is 13.0. The van der Waals surface area contributed by atoms with Gasteiger partial charge in [-0.05, 0) is 52.8 Å². The van der Waals surface area contributed by atoms with Crippen molar-refractivity contribution in [3.05, 3.63) is 65.5 Å². The average Bonchev–Trinajstić information content (AvgIpc) is 2.71. The van der Waals surface area contributed by atoms with Crippen molar-refractivity contribution in [2.45, 2.75) is 57.6 Å². The van der Waals surface area contributed by atoms with E-state index in [0.29, 0.717) is 0 Å². The van der Waals surface area contributed by atoms with E-state index in [-0.39, 0.29) is 17.0 Å². The summed E-state index contributed by atoms with van der Waals surface area (Å²) in [5.41, 5.74) is 0.594. The number of hydrogen-bond donors (Lipinski definition) is 1.